The van der Waals surface area contributed by atoms with Crippen LogP contribution in [0.1, 0.15) is 27.6 Å². The summed E-state index contributed by atoms with van der Waals surface area (Å²) >= 11 is 0. The molecule has 0 radical (unpaired) electrons. The zero-order valence-electron chi connectivity index (χ0n) is 16.3. The predicted molar refractivity (Wildman–Crippen MR) is 107 cm³/mol. The molecule has 3 aromatic rings. The third-order valence-corrected chi connectivity index (χ3v) is 5.06. The van der Waals surface area contributed by atoms with Crippen LogP contribution in [0.4, 0.5) is 0 Å². The van der Waals surface area contributed by atoms with Crippen LogP contribution in [-0.2, 0) is 11.2 Å². The van der Waals surface area contributed by atoms with Gasteiger partial charge in [0.2, 0.25) is 0 Å². The van der Waals surface area contributed by atoms with E-state index >= 15 is 0 Å². The first-order valence-corrected chi connectivity index (χ1v) is 9.33. The summed E-state index contributed by atoms with van der Waals surface area (Å²) in [7, 11) is 0. The number of ether oxygens (including phenoxy) is 2. The van der Waals surface area contributed by atoms with Gasteiger partial charge in [-0.1, -0.05) is 6.07 Å². The van der Waals surface area contributed by atoms with Crippen LogP contribution < -0.4 is 4.74 Å². The molecular formula is C22H18O10. The van der Waals surface area contributed by atoms with Gasteiger partial charge in [-0.3, -0.25) is 0 Å². The molecule has 0 bridgehead atoms. The fourth-order valence-corrected chi connectivity index (χ4v) is 3.48. The molecule has 1 heterocycles. The number of hydrogen-bond donors (Lipinski definition) is 7. The molecule has 0 aromatic heterocycles. The molecule has 1 aliphatic heterocycles. The molecule has 3 aromatic carbocycles. The maximum absolute atomic E-state index is 12.7. The fourth-order valence-electron chi connectivity index (χ4n) is 3.48. The number of phenols is 7. The monoisotopic (exact) mass is 442 g/mol. The van der Waals surface area contributed by atoms with Crippen LogP contribution >= 0.6 is 0 Å². The van der Waals surface area contributed by atoms with E-state index in [0.717, 1.165) is 18.2 Å². The van der Waals surface area contributed by atoms with Crippen molar-refractivity contribution in [3.63, 3.8) is 0 Å². The van der Waals surface area contributed by atoms with Crippen molar-refractivity contribution in [1.82, 2.24) is 0 Å². The van der Waals surface area contributed by atoms with Crippen molar-refractivity contribution in [3.8, 4) is 46.0 Å². The Balaban J connectivity index is 1.72. The zero-order valence-corrected chi connectivity index (χ0v) is 16.3. The first-order valence-electron chi connectivity index (χ1n) is 9.33. The van der Waals surface area contributed by atoms with Crippen molar-refractivity contribution in [1.29, 1.82) is 0 Å². The molecule has 10 nitrogen and oxygen atoms in total. The Hall–Kier alpha value is -4.47. The minimum Gasteiger partial charge on any atom is -0.508 e. The minimum atomic E-state index is -1.06. The Bertz CT molecular complexity index is 1200. The van der Waals surface area contributed by atoms with E-state index in [2.05, 4.69) is 0 Å². The van der Waals surface area contributed by atoms with E-state index in [1.165, 1.54) is 24.3 Å². The van der Waals surface area contributed by atoms with Crippen LogP contribution in [0.5, 0.6) is 46.0 Å². The molecule has 166 valence electrons. The Morgan fingerprint density at radius 3 is 2.16 bits per heavy atom. The third-order valence-electron chi connectivity index (χ3n) is 5.06. The lowest BCUT2D eigenvalue weighted by Crippen LogP contribution is -2.34. The fraction of sp³-hybridized carbons (Fsp3) is 0.136. The van der Waals surface area contributed by atoms with Gasteiger partial charge in [0.05, 0.1) is 5.56 Å². The van der Waals surface area contributed by atoms with E-state index in [0.29, 0.717) is 5.56 Å². The average Bonchev–Trinajstić information content (AvgIpc) is 2.73. The predicted octanol–water partition coefficient (Wildman–Crippen LogP) is 2.53. The second-order valence-corrected chi connectivity index (χ2v) is 7.24. The number of esters is 1. The van der Waals surface area contributed by atoms with Gasteiger partial charge in [0.1, 0.15) is 23.4 Å². The summed E-state index contributed by atoms with van der Waals surface area (Å²) in [5.74, 6) is -4.43. The first-order chi connectivity index (χ1) is 15.1. The summed E-state index contributed by atoms with van der Waals surface area (Å²) in [6.07, 6.45) is -2.12. The van der Waals surface area contributed by atoms with Crippen molar-refractivity contribution in [2.75, 3.05) is 0 Å². The molecule has 0 saturated heterocycles. The molecule has 0 fully saturated rings. The van der Waals surface area contributed by atoms with Crippen molar-refractivity contribution >= 4 is 5.97 Å². The number of carbonyl (C=O) groups is 1. The summed E-state index contributed by atoms with van der Waals surface area (Å²) in [6.45, 7) is 0. The van der Waals surface area contributed by atoms with Crippen LogP contribution in [0.3, 0.4) is 0 Å². The molecule has 0 saturated carbocycles. The standard InChI is InChI=1S/C22H18O10/c23-11-6-14(25)12-8-19(32-22(30)10-4-16(27)20(29)17(28)5-10)21(31-18(12)7-11)9-1-2-13(24)15(26)3-9/h1-7,19,21,23-29H,8H2/t19-,21+/m0/s1. The number of hydrogen-bond acceptors (Lipinski definition) is 10. The highest BCUT2D eigenvalue weighted by Gasteiger charge is 2.37. The number of rotatable bonds is 3. The zero-order chi connectivity index (χ0) is 23.2. The largest absolute Gasteiger partial charge is 0.508 e. The van der Waals surface area contributed by atoms with E-state index in [-0.39, 0.29) is 40.5 Å². The molecule has 2 atom stereocenters. The lowest BCUT2D eigenvalue weighted by molar-refractivity contribution is -0.0189. The van der Waals surface area contributed by atoms with Crippen molar-refractivity contribution < 1.29 is 50.0 Å². The highest BCUT2D eigenvalue weighted by atomic mass is 16.6. The summed E-state index contributed by atoms with van der Waals surface area (Å²) in [4.78, 5) is 12.7. The van der Waals surface area contributed by atoms with Crippen LogP contribution in [0, 0.1) is 0 Å². The van der Waals surface area contributed by atoms with Crippen LogP contribution in [0.15, 0.2) is 42.5 Å². The van der Waals surface area contributed by atoms with E-state index < -0.39 is 41.2 Å². The molecule has 32 heavy (non-hydrogen) atoms. The molecule has 10 heteroatoms. The van der Waals surface area contributed by atoms with Gasteiger partial charge in [-0.25, -0.2) is 4.79 Å². The minimum absolute atomic E-state index is 0.0461. The number of fused-ring (bicyclic) bond motifs is 1. The second kappa shape index (κ2) is 7.65. The second-order valence-electron chi connectivity index (χ2n) is 7.24. The van der Waals surface area contributed by atoms with Gasteiger partial charge in [-0.2, -0.15) is 0 Å². The van der Waals surface area contributed by atoms with Gasteiger partial charge in [0, 0.05) is 29.7 Å². The van der Waals surface area contributed by atoms with Gasteiger partial charge < -0.3 is 45.2 Å². The summed E-state index contributed by atoms with van der Waals surface area (Å²) in [6, 6.07) is 8.07. The van der Waals surface area contributed by atoms with E-state index in [4.69, 9.17) is 9.47 Å². The normalized spacial score (nSPS) is 17.2. The molecule has 1 aliphatic rings. The Morgan fingerprint density at radius 1 is 0.812 bits per heavy atom. The topological polar surface area (TPSA) is 177 Å². The van der Waals surface area contributed by atoms with E-state index in [1.54, 1.807) is 0 Å². The average molecular weight is 442 g/mol. The molecule has 4 rings (SSSR count). The summed E-state index contributed by atoms with van der Waals surface area (Å²) in [5.41, 5.74) is 0.324. The Kier molecular flexibility index (Phi) is 4.97. The van der Waals surface area contributed by atoms with Crippen LogP contribution in [-0.4, -0.2) is 47.8 Å². The lowest BCUT2D eigenvalue weighted by Gasteiger charge is -2.34. The highest BCUT2D eigenvalue weighted by molar-refractivity contribution is 5.91. The van der Waals surface area contributed by atoms with E-state index in [9.17, 15) is 40.5 Å². The molecule has 0 aliphatic carbocycles. The first kappa shape index (κ1) is 20.8. The van der Waals surface area contributed by atoms with Gasteiger partial charge in [-0.05, 0) is 24.3 Å². The number of phenolic OH excluding ortho intramolecular Hbond substituents is 7. The van der Waals surface area contributed by atoms with Gasteiger partial charge >= 0.3 is 5.97 Å². The lowest BCUT2D eigenvalue weighted by atomic mass is 9.93. The molecule has 0 amide bonds. The molecule has 7 N–H and O–H groups in total. The Morgan fingerprint density at radius 2 is 1.50 bits per heavy atom. The van der Waals surface area contributed by atoms with Crippen LogP contribution in [0.25, 0.3) is 0 Å². The maximum Gasteiger partial charge on any atom is 0.338 e. The highest BCUT2D eigenvalue weighted by Crippen LogP contribution is 2.44. The van der Waals surface area contributed by atoms with Crippen LogP contribution in [0.2, 0.25) is 0 Å². The van der Waals surface area contributed by atoms with E-state index in [1.807, 2.05) is 0 Å². The van der Waals surface area contributed by atoms with Gasteiger partial charge in [0.25, 0.3) is 0 Å². The van der Waals surface area contributed by atoms with Gasteiger partial charge in [-0.15, -0.1) is 0 Å². The smallest absolute Gasteiger partial charge is 0.338 e. The Labute approximate surface area is 180 Å². The number of aromatic hydroxyl groups is 7. The molecule has 0 spiro atoms. The molecular weight excluding hydrogens is 424 g/mol. The maximum atomic E-state index is 12.7. The molecule has 0 unspecified atom stereocenters. The number of benzene rings is 3. The summed E-state index contributed by atoms with van der Waals surface area (Å²) in [5, 5.41) is 68.2. The number of carbonyl (C=O) groups excluding carboxylic acids is 1. The van der Waals surface area contributed by atoms with Crippen molar-refractivity contribution in [2.24, 2.45) is 0 Å². The quantitative estimate of drug-likeness (QED) is 0.235. The van der Waals surface area contributed by atoms with Crippen molar-refractivity contribution in [3.05, 3.63) is 59.2 Å². The van der Waals surface area contributed by atoms with Crippen molar-refractivity contribution in [2.45, 2.75) is 18.6 Å². The summed E-state index contributed by atoms with van der Waals surface area (Å²) < 4.78 is 11.4. The SMILES string of the molecule is O=C(O[C@H]1Cc2c(O)cc(O)cc2O[C@@H]1c1ccc(O)c(O)c1)c1cc(O)c(O)c(O)c1. The third kappa shape index (κ3) is 3.69. The van der Waals surface area contributed by atoms with Gasteiger partial charge in [0.15, 0.2) is 34.9 Å².